The Labute approximate surface area is 70.5 Å². The van der Waals surface area contributed by atoms with E-state index in [2.05, 4.69) is 10.6 Å². The molecule has 0 aliphatic carbocycles. The first-order valence-corrected chi connectivity index (χ1v) is 3.51. The van der Waals surface area contributed by atoms with Gasteiger partial charge in [-0.25, -0.2) is 4.79 Å². The minimum absolute atomic E-state index is 0.236. The predicted molar refractivity (Wildman–Crippen MR) is 42.5 cm³/mol. The van der Waals surface area contributed by atoms with Crippen LogP contribution in [-0.2, 0) is 9.59 Å². The van der Waals surface area contributed by atoms with E-state index in [4.69, 9.17) is 4.79 Å². The summed E-state index contributed by atoms with van der Waals surface area (Å²) in [5.74, 6) is -0.236. The van der Waals surface area contributed by atoms with E-state index in [-0.39, 0.29) is 5.91 Å². The Morgan fingerprint density at radius 2 is 1.92 bits per heavy atom. The molecule has 0 aromatic heterocycles. The first kappa shape index (κ1) is 10.6. The van der Waals surface area contributed by atoms with Crippen LogP contribution in [0.4, 0.5) is 4.79 Å². The highest BCUT2D eigenvalue weighted by Crippen LogP contribution is 2.12. The number of nitrogens with one attached hydrogen (secondary N) is 2. The highest BCUT2D eigenvalue weighted by Gasteiger charge is 2.39. The zero-order valence-corrected chi connectivity index (χ0v) is 7.14. The summed E-state index contributed by atoms with van der Waals surface area (Å²) in [6.45, 7) is 5.55. The van der Waals surface area contributed by atoms with Gasteiger partial charge in [0.15, 0.2) is 0 Å². The number of hydrogen-bond donors (Lipinski definition) is 2. The monoisotopic (exact) mass is 172 g/mol. The smallest absolute Gasteiger partial charge is 0.322 e. The van der Waals surface area contributed by atoms with Crippen molar-refractivity contribution >= 4 is 18.7 Å². The molecule has 1 rings (SSSR count). The number of rotatable bonds is 1. The van der Waals surface area contributed by atoms with Crippen LogP contribution in [0.1, 0.15) is 20.3 Å². The van der Waals surface area contributed by atoms with E-state index in [1.807, 2.05) is 13.7 Å². The van der Waals surface area contributed by atoms with Crippen LogP contribution in [-0.4, -0.2) is 24.3 Å². The van der Waals surface area contributed by atoms with Crippen molar-refractivity contribution in [3.63, 3.8) is 0 Å². The number of carbonyl (C=O) groups excluding carboxylic acids is 3. The van der Waals surface area contributed by atoms with Gasteiger partial charge in [-0.2, -0.15) is 0 Å². The molecule has 1 aliphatic rings. The number of imide groups is 1. The molecule has 1 heterocycles. The van der Waals surface area contributed by atoms with E-state index in [1.165, 1.54) is 0 Å². The number of amides is 3. The molecule has 5 heteroatoms. The van der Waals surface area contributed by atoms with Crippen molar-refractivity contribution in [3.8, 4) is 0 Å². The number of urea groups is 1. The molecule has 0 bridgehead atoms. The lowest BCUT2D eigenvalue weighted by molar-refractivity contribution is -0.123. The topological polar surface area (TPSA) is 75.3 Å². The summed E-state index contributed by atoms with van der Waals surface area (Å²) >= 11 is 0. The van der Waals surface area contributed by atoms with Crippen LogP contribution in [0.5, 0.6) is 0 Å². The Hall–Kier alpha value is -1.39. The number of hydrogen-bond acceptors (Lipinski definition) is 3. The summed E-state index contributed by atoms with van der Waals surface area (Å²) in [5.41, 5.74) is -0.683. The molecule has 1 saturated heterocycles. The molecule has 12 heavy (non-hydrogen) atoms. The van der Waals surface area contributed by atoms with Gasteiger partial charge < -0.3 is 10.1 Å². The fraction of sp³-hybridized carbons (Fsp3) is 0.571. The lowest BCUT2D eigenvalue weighted by Gasteiger charge is -2.16. The summed E-state index contributed by atoms with van der Waals surface area (Å²) in [4.78, 5) is 29.5. The summed E-state index contributed by atoms with van der Waals surface area (Å²) in [6.07, 6.45) is 0.616. The Morgan fingerprint density at radius 3 is 2.08 bits per heavy atom. The lowest BCUT2D eigenvalue weighted by Crippen LogP contribution is -2.42. The van der Waals surface area contributed by atoms with Crippen LogP contribution in [0.2, 0.25) is 0 Å². The van der Waals surface area contributed by atoms with Crippen LogP contribution in [0.25, 0.3) is 0 Å². The van der Waals surface area contributed by atoms with Crippen LogP contribution >= 0.6 is 0 Å². The maximum atomic E-state index is 10.9. The maximum absolute atomic E-state index is 10.9. The van der Waals surface area contributed by atoms with Gasteiger partial charge in [0.25, 0.3) is 5.91 Å². The van der Waals surface area contributed by atoms with Gasteiger partial charge in [-0.1, -0.05) is 6.92 Å². The molecule has 1 aliphatic heterocycles. The minimum atomic E-state index is -0.683. The van der Waals surface area contributed by atoms with Crippen LogP contribution < -0.4 is 10.6 Å². The van der Waals surface area contributed by atoms with E-state index >= 15 is 0 Å². The standard InChI is InChI=1S/C6H10N2O2.CH2O/c1-3-6(2)4(9)7-5(10)8-6;1-2/h3H2,1-2H3,(H2,7,8,9,10);1H2. The molecule has 5 nitrogen and oxygen atoms in total. The largest absolute Gasteiger partial charge is 0.324 e. The van der Waals surface area contributed by atoms with Crippen molar-refractivity contribution in [2.45, 2.75) is 25.8 Å². The van der Waals surface area contributed by atoms with Gasteiger partial charge >= 0.3 is 6.03 Å². The predicted octanol–water partition coefficient (Wildman–Crippen LogP) is -0.190. The van der Waals surface area contributed by atoms with Crippen molar-refractivity contribution in [3.05, 3.63) is 0 Å². The summed E-state index contributed by atoms with van der Waals surface area (Å²) in [6, 6.07) is -0.394. The SMILES string of the molecule is C=O.CCC1(C)NC(=O)NC1=O. The van der Waals surface area contributed by atoms with Crippen LogP contribution in [0.15, 0.2) is 0 Å². The Balaban J connectivity index is 0.000000561. The molecule has 68 valence electrons. The van der Waals surface area contributed by atoms with Crippen molar-refractivity contribution in [1.29, 1.82) is 0 Å². The Bertz CT molecular complexity index is 205. The van der Waals surface area contributed by atoms with Crippen molar-refractivity contribution in [1.82, 2.24) is 10.6 Å². The molecule has 1 fully saturated rings. The highest BCUT2D eigenvalue weighted by atomic mass is 16.2. The second-order valence-corrected chi connectivity index (χ2v) is 2.59. The molecule has 1 atom stereocenters. The molecule has 1 unspecified atom stereocenters. The van der Waals surface area contributed by atoms with Crippen molar-refractivity contribution < 1.29 is 14.4 Å². The minimum Gasteiger partial charge on any atom is -0.324 e. The third kappa shape index (κ3) is 1.81. The first-order chi connectivity index (χ1) is 5.58. The summed E-state index contributed by atoms with van der Waals surface area (Å²) in [5, 5.41) is 4.70. The second-order valence-electron chi connectivity index (χ2n) is 2.59. The van der Waals surface area contributed by atoms with E-state index in [1.54, 1.807) is 6.92 Å². The van der Waals surface area contributed by atoms with E-state index < -0.39 is 11.6 Å². The average molecular weight is 172 g/mol. The van der Waals surface area contributed by atoms with Crippen LogP contribution in [0.3, 0.4) is 0 Å². The van der Waals surface area contributed by atoms with Gasteiger partial charge in [-0.3, -0.25) is 10.1 Å². The third-order valence-corrected chi connectivity index (χ3v) is 1.82. The Morgan fingerprint density at radius 1 is 1.42 bits per heavy atom. The van der Waals surface area contributed by atoms with Crippen molar-refractivity contribution in [2.24, 2.45) is 0 Å². The molecule has 0 radical (unpaired) electrons. The molecular formula is C7H12N2O3. The maximum Gasteiger partial charge on any atom is 0.322 e. The fourth-order valence-electron chi connectivity index (χ4n) is 0.829. The second kappa shape index (κ2) is 3.85. The summed E-state index contributed by atoms with van der Waals surface area (Å²) < 4.78 is 0. The van der Waals surface area contributed by atoms with E-state index in [0.717, 1.165) is 0 Å². The molecule has 0 aromatic rings. The normalized spacial score (nSPS) is 26.8. The molecule has 3 amide bonds. The van der Waals surface area contributed by atoms with Crippen molar-refractivity contribution in [2.75, 3.05) is 0 Å². The average Bonchev–Trinajstić information content (AvgIpc) is 2.31. The molecule has 2 N–H and O–H groups in total. The van der Waals surface area contributed by atoms with Gasteiger partial charge in [-0.15, -0.1) is 0 Å². The third-order valence-electron chi connectivity index (χ3n) is 1.82. The molecule has 0 saturated carbocycles. The van der Waals surface area contributed by atoms with Gasteiger partial charge in [0.05, 0.1) is 0 Å². The van der Waals surface area contributed by atoms with Gasteiger partial charge in [-0.05, 0) is 13.3 Å². The molecular weight excluding hydrogens is 160 g/mol. The Kier molecular flexibility index (Phi) is 3.40. The van der Waals surface area contributed by atoms with Gasteiger partial charge in [0.2, 0.25) is 0 Å². The van der Waals surface area contributed by atoms with E-state index in [9.17, 15) is 9.59 Å². The fourth-order valence-corrected chi connectivity index (χ4v) is 0.829. The van der Waals surface area contributed by atoms with Crippen LogP contribution in [0, 0.1) is 0 Å². The quantitative estimate of drug-likeness (QED) is 0.538. The first-order valence-electron chi connectivity index (χ1n) is 3.51. The number of carbonyl (C=O) groups is 3. The summed E-state index contributed by atoms with van der Waals surface area (Å²) in [7, 11) is 0. The van der Waals surface area contributed by atoms with Gasteiger partial charge in [0.1, 0.15) is 12.3 Å². The molecule has 0 spiro atoms. The zero-order valence-electron chi connectivity index (χ0n) is 7.14. The molecule has 0 aromatic carbocycles. The highest BCUT2D eigenvalue weighted by molar-refractivity contribution is 6.06. The zero-order chi connectivity index (χ0) is 9.78. The lowest BCUT2D eigenvalue weighted by atomic mass is 10.0. The van der Waals surface area contributed by atoms with E-state index in [0.29, 0.717) is 6.42 Å². The van der Waals surface area contributed by atoms with Gasteiger partial charge in [0, 0.05) is 0 Å².